The topological polar surface area (TPSA) is 29.9 Å². The van der Waals surface area contributed by atoms with Crippen molar-refractivity contribution in [1.82, 2.24) is 14.9 Å². The van der Waals surface area contributed by atoms with Gasteiger partial charge < -0.3 is 9.88 Å². The summed E-state index contributed by atoms with van der Waals surface area (Å²) in [6, 6.07) is 2.35. The number of aryl methyl sites for hydroxylation is 2. The Morgan fingerprint density at radius 3 is 2.90 bits per heavy atom. The van der Waals surface area contributed by atoms with Gasteiger partial charge in [-0.1, -0.05) is 13.8 Å². The fourth-order valence-corrected chi connectivity index (χ4v) is 3.36. The van der Waals surface area contributed by atoms with Crippen LogP contribution in [0, 0.1) is 6.92 Å². The van der Waals surface area contributed by atoms with Gasteiger partial charge in [0.25, 0.3) is 0 Å². The number of nitrogens with one attached hydrogen (secondary N) is 1. The summed E-state index contributed by atoms with van der Waals surface area (Å²) in [6.45, 7) is 9.66. The van der Waals surface area contributed by atoms with Gasteiger partial charge in [0.05, 0.1) is 0 Å². The number of hydrogen-bond donors (Lipinski definition) is 1. The van der Waals surface area contributed by atoms with Crippen molar-refractivity contribution in [3.8, 4) is 0 Å². The maximum atomic E-state index is 4.45. The van der Waals surface area contributed by atoms with Gasteiger partial charge in [-0.25, -0.2) is 4.98 Å². The lowest BCUT2D eigenvalue weighted by molar-refractivity contribution is 0.679. The number of imidazole rings is 1. The second-order valence-electron chi connectivity index (χ2n) is 5.19. The molecule has 0 saturated carbocycles. The van der Waals surface area contributed by atoms with Gasteiger partial charge >= 0.3 is 0 Å². The van der Waals surface area contributed by atoms with Gasteiger partial charge in [0, 0.05) is 41.7 Å². The van der Waals surface area contributed by atoms with Gasteiger partial charge in [-0.15, -0.1) is 11.3 Å². The van der Waals surface area contributed by atoms with Gasteiger partial charge in [-0.05, 0) is 37.9 Å². The summed E-state index contributed by atoms with van der Waals surface area (Å²) >= 11 is 1.91. The Kier molecular flexibility index (Phi) is 5.80. The van der Waals surface area contributed by atoms with Crippen LogP contribution in [0.4, 0.5) is 0 Å². The van der Waals surface area contributed by atoms with Gasteiger partial charge in [-0.2, -0.15) is 0 Å². The van der Waals surface area contributed by atoms with E-state index < -0.39 is 0 Å². The minimum Gasteiger partial charge on any atom is -0.330 e. The Bertz CT molecular complexity index is 528. The zero-order valence-electron chi connectivity index (χ0n) is 12.8. The van der Waals surface area contributed by atoms with Crippen molar-refractivity contribution in [3.63, 3.8) is 0 Å². The first-order valence-corrected chi connectivity index (χ1v) is 8.35. The van der Waals surface area contributed by atoms with Crippen molar-refractivity contribution >= 4 is 11.3 Å². The second kappa shape index (κ2) is 7.60. The summed E-state index contributed by atoms with van der Waals surface area (Å²) in [4.78, 5) is 7.31. The lowest BCUT2D eigenvalue weighted by atomic mass is 10.2. The summed E-state index contributed by atoms with van der Waals surface area (Å²) in [6.07, 6.45) is 7.40. The third kappa shape index (κ3) is 3.93. The number of hydrogen-bond acceptors (Lipinski definition) is 3. The average Bonchev–Trinajstić information content (AvgIpc) is 2.99. The van der Waals surface area contributed by atoms with Crippen LogP contribution in [0.25, 0.3) is 0 Å². The van der Waals surface area contributed by atoms with E-state index in [0.29, 0.717) is 0 Å². The minimum atomic E-state index is 0.950. The van der Waals surface area contributed by atoms with E-state index in [4.69, 9.17) is 0 Å². The number of aromatic nitrogens is 2. The molecule has 0 aliphatic carbocycles. The third-order valence-corrected chi connectivity index (χ3v) is 4.51. The Morgan fingerprint density at radius 1 is 1.30 bits per heavy atom. The van der Waals surface area contributed by atoms with E-state index in [1.54, 1.807) is 0 Å². The molecule has 0 atom stereocenters. The van der Waals surface area contributed by atoms with E-state index in [9.17, 15) is 0 Å². The van der Waals surface area contributed by atoms with Gasteiger partial charge in [-0.3, -0.25) is 0 Å². The summed E-state index contributed by atoms with van der Waals surface area (Å²) in [7, 11) is 0. The molecule has 110 valence electrons. The minimum absolute atomic E-state index is 0.950. The highest BCUT2D eigenvalue weighted by molar-refractivity contribution is 7.12. The zero-order chi connectivity index (χ0) is 14.4. The van der Waals surface area contributed by atoms with E-state index >= 15 is 0 Å². The van der Waals surface area contributed by atoms with Crippen LogP contribution in [0.2, 0.25) is 0 Å². The molecule has 20 heavy (non-hydrogen) atoms. The Labute approximate surface area is 126 Å². The average molecular weight is 291 g/mol. The van der Waals surface area contributed by atoms with E-state index in [-0.39, 0.29) is 0 Å². The summed E-state index contributed by atoms with van der Waals surface area (Å²) < 4.78 is 2.28. The monoisotopic (exact) mass is 291 g/mol. The van der Waals surface area contributed by atoms with Crippen molar-refractivity contribution in [2.24, 2.45) is 0 Å². The first kappa shape index (κ1) is 15.3. The molecule has 0 unspecified atom stereocenters. The molecule has 0 aliphatic heterocycles. The van der Waals surface area contributed by atoms with E-state index in [1.807, 2.05) is 17.5 Å². The smallest absolute Gasteiger partial charge is 0.108 e. The lowest BCUT2D eigenvalue weighted by Gasteiger charge is -2.06. The molecule has 0 fully saturated rings. The van der Waals surface area contributed by atoms with Crippen molar-refractivity contribution in [3.05, 3.63) is 39.6 Å². The van der Waals surface area contributed by atoms with Crippen LogP contribution in [-0.4, -0.2) is 16.1 Å². The standard InChI is InChI=1S/C16H25N3S/c1-4-6-16-18-8-9-19(16)12-14-10-15(20-13(14)3)11-17-7-5-2/h8-10,17H,4-7,11-12H2,1-3H3. The van der Waals surface area contributed by atoms with Crippen LogP contribution in [0.3, 0.4) is 0 Å². The highest BCUT2D eigenvalue weighted by Crippen LogP contribution is 2.23. The second-order valence-corrected chi connectivity index (χ2v) is 6.53. The van der Waals surface area contributed by atoms with Crippen molar-refractivity contribution in [2.75, 3.05) is 6.54 Å². The van der Waals surface area contributed by atoms with Crippen molar-refractivity contribution < 1.29 is 0 Å². The molecule has 2 aromatic heterocycles. The fourth-order valence-electron chi connectivity index (χ4n) is 2.34. The quantitative estimate of drug-likeness (QED) is 0.751. The van der Waals surface area contributed by atoms with Gasteiger partial charge in [0.1, 0.15) is 5.82 Å². The van der Waals surface area contributed by atoms with E-state index in [0.717, 1.165) is 32.5 Å². The summed E-state index contributed by atoms with van der Waals surface area (Å²) in [5.74, 6) is 1.20. The molecule has 0 aliphatic rings. The largest absolute Gasteiger partial charge is 0.330 e. The molecule has 0 spiro atoms. The first-order chi connectivity index (χ1) is 9.74. The number of thiophene rings is 1. The molecule has 2 heterocycles. The first-order valence-electron chi connectivity index (χ1n) is 7.53. The molecule has 0 saturated heterocycles. The SMILES string of the molecule is CCCNCc1cc(Cn2ccnc2CCC)c(C)s1. The van der Waals surface area contributed by atoms with Crippen molar-refractivity contribution in [1.29, 1.82) is 0 Å². The van der Waals surface area contributed by atoms with Crippen LogP contribution < -0.4 is 5.32 Å². The normalized spacial score (nSPS) is 11.2. The molecule has 2 aromatic rings. The Morgan fingerprint density at radius 2 is 2.15 bits per heavy atom. The fraction of sp³-hybridized carbons (Fsp3) is 0.562. The summed E-state index contributed by atoms with van der Waals surface area (Å²) in [5, 5.41) is 3.47. The summed E-state index contributed by atoms with van der Waals surface area (Å²) in [5.41, 5.74) is 1.43. The number of nitrogens with zero attached hydrogens (tertiary/aromatic N) is 2. The molecule has 0 aromatic carbocycles. The van der Waals surface area contributed by atoms with Crippen LogP contribution in [0.1, 0.15) is 47.8 Å². The zero-order valence-corrected chi connectivity index (χ0v) is 13.6. The molecule has 0 radical (unpaired) electrons. The molecular weight excluding hydrogens is 266 g/mol. The maximum Gasteiger partial charge on any atom is 0.108 e. The van der Waals surface area contributed by atoms with Crippen LogP contribution >= 0.6 is 11.3 Å². The Balaban J connectivity index is 2.03. The molecule has 1 N–H and O–H groups in total. The lowest BCUT2D eigenvalue weighted by Crippen LogP contribution is -2.12. The molecule has 2 rings (SSSR count). The van der Waals surface area contributed by atoms with E-state index in [2.05, 4.69) is 47.9 Å². The third-order valence-electron chi connectivity index (χ3n) is 3.41. The van der Waals surface area contributed by atoms with E-state index in [1.165, 1.54) is 27.6 Å². The van der Waals surface area contributed by atoms with Crippen LogP contribution in [0.5, 0.6) is 0 Å². The predicted molar refractivity (Wildman–Crippen MR) is 86.4 cm³/mol. The maximum absolute atomic E-state index is 4.45. The predicted octanol–water partition coefficient (Wildman–Crippen LogP) is 3.75. The highest BCUT2D eigenvalue weighted by Gasteiger charge is 2.08. The molecular formula is C16H25N3S. The highest BCUT2D eigenvalue weighted by atomic mass is 32.1. The van der Waals surface area contributed by atoms with Crippen LogP contribution in [-0.2, 0) is 19.5 Å². The van der Waals surface area contributed by atoms with Gasteiger partial charge in [0.15, 0.2) is 0 Å². The number of rotatable bonds is 8. The molecule has 0 amide bonds. The molecule has 4 heteroatoms. The van der Waals surface area contributed by atoms with Crippen LogP contribution in [0.15, 0.2) is 18.5 Å². The molecule has 3 nitrogen and oxygen atoms in total. The molecule has 0 bridgehead atoms. The Hall–Kier alpha value is -1.13. The van der Waals surface area contributed by atoms with Gasteiger partial charge in [0.2, 0.25) is 0 Å². The van der Waals surface area contributed by atoms with Crippen molar-refractivity contribution in [2.45, 2.75) is 53.1 Å².